The molecule has 0 aliphatic carbocycles. The molecule has 0 fully saturated rings. The number of rotatable bonds is 5. The summed E-state index contributed by atoms with van der Waals surface area (Å²) in [6, 6.07) is 3.79. The van der Waals surface area contributed by atoms with Gasteiger partial charge < -0.3 is 10.4 Å². The molecule has 3 amide bonds. The highest BCUT2D eigenvalue weighted by Crippen LogP contribution is 2.24. The largest absolute Gasteiger partial charge is 0.478 e. The molecule has 1 aliphatic rings. The Morgan fingerprint density at radius 2 is 1.86 bits per heavy atom. The Kier molecular flexibility index (Phi) is 4.02. The van der Waals surface area contributed by atoms with E-state index in [9.17, 15) is 19.2 Å². The molecule has 0 unspecified atom stereocenters. The van der Waals surface area contributed by atoms with Crippen LogP contribution < -0.4 is 5.32 Å². The van der Waals surface area contributed by atoms with E-state index in [1.807, 2.05) is 0 Å². The fraction of sp³-hybridized carbons (Fsp3) is 0.286. The van der Waals surface area contributed by atoms with Crippen LogP contribution in [-0.4, -0.2) is 46.8 Å². The van der Waals surface area contributed by atoms with Crippen molar-refractivity contribution >= 4 is 23.7 Å². The smallest absolute Gasteiger partial charge is 0.335 e. The predicted octanol–water partition coefficient (Wildman–Crippen LogP) is 0.507. The molecule has 2 N–H and O–H groups in total. The lowest BCUT2D eigenvalue weighted by Crippen LogP contribution is -2.34. The van der Waals surface area contributed by atoms with Crippen LogP contribution in [-0.2, 0) is 4.79 Å². The Hall–Kier alpha value is -2.70. The van der Waals surface area contributed by atoms with Gasteiger partial charge in [-0.2, -0.15) is 0 Å². The van der Waals surface area contributed by atoms with Crippen molar-refractivity contribution in [1.29, 1.82) is 0 Å². The summed E-state index contributed by atoms with van der Waals surface area (Å²) in [5.41, 5.74) is 0.178. The van der Waals surface area contributed by atoms with Gasteiger partial charge in [0.05, 0.1) is 16.7 Å². The molecule has 2 rings (SSSR count). The monoisotopic (exact) mass is 290 g/mol. The van der Waals surface area contributed by atoms with Gasteiger partial charge in [-0.25, -0.2) is 4.79 Å². The van der Waals surface area contributed by atoms with Gasteiger partial charge in [0.15, 0.2) is 0 Å². The Labute approximate surface area is 120 Å². The topological polar surface area (TPSA) is 104 Å². The molecule has 0 atom stereocenters. The van der Waals surface area contributed by atoms with Gasteiger partial charge in [0.25, 0.3) is 11.8 Å². The molecule has 0 saturated carbocycles. The second kappa shape index (κ2) is 5.74. The lowest BCUT2D eigenvalue weighted by Gasteiger charge is -2.13. The summed E-state index contributed by atoms with van der Waals surface area (Å²) in [6.45, 7) is 2.22. The number of aromatic carboxylic acids is 1. The average Bonchev–Trinajstić information content (AvgIpc) is 2.69. The maximum absolute atomic E-state index is 12.1. The fourth-order valence-corrected chi connectivity index (χ4v) is 2.13. The van der Waals surface area contributed by atoms with Crippen LogP contribution in [0.2, 0.25) is 0 Å². The van der Waals surface area contributed by atoms with E-state index in [0.29, 0.717) is 6.54 Å². The maximum Gasteiger partial charge on any atom is 0.335 e. The number of carbonyl (C=O) groups is 4. The molecule has 0 aromatic heterocycles. The highest BCUT2D eigenvalue weighted by molar-refractivity contribution is 6.22. The Balaban J connectivity index is 2.18. The molecule has 7 heteroatoms. The molecular formula is C14H14N2O5. The van der Waals surface area contributed by atoms with Crippen molar-refractivity contribution in [2.24, 2.45) is 0 Å². The first-order chi connectivity index (χ1) is 9.95. The van der Waals surface area contributed by atoms with Crippen molar-refractivity contribution in [1.82, 2.24) is 10.2 Å². The quantitative estimate of drug-likeness (QED) is 0.769. The van der Waals surface area contributed by atoms with Gasteiger partial charge in [0.2, 0.25) is 5.91 Å². The molecule has 7 nitrogen and oxygen atoms in total. The van der Waals surface area contributed by atoms with Crippen LogP contribution >= 0.6 is 0 Å². The molecule has 1 aromatic rings. The van der Waals surface area contributed by atoms with Crippen LogP contribution in [0.25, 0.3) is 0 Å². The number of amides is 3. The number of nitrogens with zero attached hydrogens (tertiary/aromatic N) is 1. The molecule has 1 aromatic carbocycles. The van der Waals surface area contributed by atoms with Crippen LogP contribution in [0.5, 0.6) is 0 Å². The zero-order valence-electron chi connectivity index (χ0n) is 11.4. The zero-order valence-corrected chi connectivity index (χ0v) is 11.4. The number of benzene rings is 1. The van der Waals surface area contributed by atoms with E-state index >= 15 is 0 Å². The molecule has 0 saturated heterocycles. The van der Waals surface area contributed by atoms with Gasteiger partial charge in [-0.1, -0.05) is 0 Å². The molecule has 1 aliphatic heterocycles. The minimum atomic E-state index is -1.17. The first-order valence-corrected chi connectivity index (χ1v) is 6.46. The normalized spacial score (nSPS) is 13.3. The van der Waals surface area contributed by atoms with Gasteiger partial charge >= 0.3 is 5.97 Å². The van der Waals surface area contributed by atoms with E-state index < -0.39 is 17.8 Å². The van der Waals surface area contributed by atoms with Crippen LogP contribution in [0, 0.1) is 0 Å². The van der Waals surface area contributed by atoms with E-state index in [-0.39, 0.29) is 35.6 Å². The van der Waals surface area contributed by atoms with Crippen LogP contribution in [0.1, 0.15) is 44.4 Å². The van der Waals surface area contributed by atoms with Crippen molar-refractivity contribution in [3.63, 3.8) is 0 Å². The first kappa shape index (κ1) is 14.7. The fourth-order valence-electron chi connectivity index (χ4n) is 2.13. The SMILES string of the molecule is CCNC(=O)CCN1C(=O)c2ccc(C(=O)O)cc2C1=O. The Bertz CT molecular complexity index is 638. The minimum absolute atomic E-state index is 0.0189. The van der Waals surface area contributed by atoms with Gasteiger partial charge in [0.1, 0.15) is 0 Å². The van der Waals surface area contributed by atoms with E-state index in [1.165, 1.54) is 18.2 Å². The van der Waals surface area contributed by atoms with E-state index in [2.05, 4.69) is 5.32 Å². The van der Waals surface area contributed by atoms with Crippen molar-refractivity contribution < 1.29 is 24.3 Å². The number of hydrogen-bond acceptors (Lipinski definition) is 4. The van der Waals surface area contributed by atoms with Gasteiger partial charge in [-0.15, -0.1) is 0 Å². The number of carboxylic acid groups (broad SMARTS) is 1. The number of nitrogens with one attached hydrogen (secondary N) is 1. The lowest BCUT2D eigenvalue weighted by atomic mass is 10.1. The maximum atomic E-state index is 12.1. The summed E-state index contributed by atoms with van der Waals surface area (Å²) < 4.78 is 0. The molecule has 0 bridgehead atoms. The standard InChI is InChI=1S/C14H14N2O5/c1-2-15-11(17)5-6-16-12(18)9-4-3-8(14(20)21)7-10(9)13(16)19/h3-4,7H,2,5-6H2,1H3,(H,15,17)(H,20,21). The van der Waals surface area contributed by atoms with Gasteiger partial charge in [0, 0.05) is 19.5 Å². The molecule has 110 valence electrons. The van der Waals surface area contributed by atoms with E-state index in [0.717, 1.165) is 4.90 Å². The van der Waals surface area contributed by atoms with Gasteiger partial charge in [-0.3, -0.25) is 19.3 Å². The predicted molar refractivity (Wildman–Crippen MR) is 72.1 cm³/mol. The van der Waals surface area contributed by atoms with Crippen molar-refractivity contribution in [2.45, 2.75) is 13.3 Å². The number of imide groups is 1. The third-order valence-electron chi connectivity index (χ3n) is 3.15. The number of hydrogen-bond donors (Lipinski definition) is 2. The van der Waals surface area contributed by atoms with Crippen LogP contribution in [0.15, 0.2) is 18.2 Å². The second-order valence-corrected chi connectivity index (χ2v) is 4.53. The summed E-state index contributed by atoms with van der Waals surface area (Å²) in [5, 5.41) is 11.5. The summed E-state index contributed by atoms with van der Waals surface area (Å²) >= 11 is 0. The van der Waals surface area contributed by atoms with Crippen molar-refractivity contribution in [3.8, 4) is 0 Å². The number of carboxylic acids is 1. The Morgan fingerprint density at radius 1 is 1.19 bits per heavy atom. The molecule has 21 heavy (non-hydrogen) atoms. The highest BCUT2D eigenvalue weighted by Gasteiger charge is 2.35. The summed E-state index contributed by atoms with van der Waals surface area (Å²) in [5.74, 6) is -2.49. The third-order valence-corrected chi connectivity index (χ3v) is 3.15. The lowest BCUT2D eigenvalue weighted by molar-refractivity contribution is -0.121. The zero-order chi connectivity index (χ0) is 15.6. The first-order valence-electron chi connectivity index (χ1n) is 6.46. The summed E-state index contributed by atoms with van der Waals surface area (Å²) in [6.07, 6.45) is 0.0189. The number of fused-ring (bicyclic) bond motifs is 1. The average molecular weight is 290 g/mol. The Morgan fingerprint density at radius 3 is 2.48 bits per heavy atom. The summed E-state index contributed by atoms with van der Waals surface area (Å²) in [7, 11) is 0. The number of carbonyl (C=O) groups excluding carboxylic acids is 3. The van der Waals surface area contributed by atoms with E-state index in [1.54, 1.807) is 6.92 Å². The van der Waals surface area contributed by atoms with Crippen molar-refractivity contribution in [3.05, 3.63) is 34.9 Å². The molecule has 0 spiro atoms. The molecule has 0 radical (unpaired) electrons. The third kappa shape index (κ3) is 2.76. The minimum Gasteiger partial charge on any atom is -0.478 e. The summed E-state index contributed by atoms with van der Waals surface area (Å²) in [4.78, 5) is 47.5. The van der Waals surface area contributed by atoms with Crippen LogP contribution in [0.4, 0.5) is 0 Å². The second-order valence-electron chi connectivity index (χ2n) is 4.53. The highest BCUT2D eigenvalue weighted by atomic mass is 16.4. The van der Waals surface area contributed by atoms with Gasteiger partial charge in [-0.05, 0) is 25.1 Å². The van der Waals surface area contributed by atoms with Crippen molar-refractivity contribution in [2.75, 3.05) is 13.1 Å². The molecular weight excluding hydrogens is 276 g/mol. The van der Waals surface area contributed by atoms with Crippen LogP contribution in [0.3, 0.4) is 0 Å². The van der Waals surface area contributed by atoms with E-state index in [4.69, 9.17) is 5.11 Å². The molecule has 1 heterocycles.